The molecule has 0 aromatic carbocycles. The zero-order valence-electron chi connectivity index (χ0n) is 6.07. The van der Waals surface area contributed by atoms with Crippen LogP contribution in [-0.2, 0) is 19.5 Å². The number of hydrogen-bond donors (Lipinski definition) is 0. The Labute approximate surface area is 90.4 Å². The van der Waals surface area contributed by atoms with Gasteiger partial charge in [-0.2, -0.15) is 0 Å². The third kappa shape index (κ3) is 4.30. The van der Waals surface area contributed by atoms with Crippen LogP contribution in [0.25, 0.3) is 0 Å². The molecule has 0 amide bonds. The third-order valence-corrected chi connectivity index (χ3v) is 2.38. The zero-order valence-corrected chi connectivity index (χ0v) is 9.22. The van der Waals surface area contributed by atoms with Crippen LogP contribution in [0.5, 0.6) is 0 Å². The van der Waals surface area contributed by atoms with Crippen molar-refractivity contribution in [3.05, 3.63) is 22.2 Å². The molecule has 0 saturated carbocycles. The largest absolute Gasteiger partial charge is 0.0875 e. The van der Waals surface area contributed by atoms with E-state index in [1.807, 2.05) is 6.08 Å². The molecule has 0 nitrogen and oxygen atoms in total. The summed E-state index contributed by atoms with van der Waals surface area (Å²) in [5.74, 6) is 0. The van der Waals surface area contributed by atoms with E-state index >= 15 is 0 Å². The summed E-state index contributed by atoms with van der Waals surface area (Å²) in [7, 11) is 0. The normalized spacial score (nSPS) is 18.7. The smallest absolute Gasteiger partial charge is 0.0547 e. The molecule has 1 rings (SSSR count). The molecule has 11 heavy (non-hydrogen) atoms. The van der Waals surface area contributed by atoms with Crippen molar-refractivity contribution in [3.63, 3.8) is 0 Å². The van der Waals surface area contributed by atoms with Crippen molar-refractivity contribution in [1.29, 1.82) is 0 Å². The van der Waals surface area contributed by atoms with Gasteiger partial charge in [-0.25, -0.2) is 0 Å². The molecule has 0 aromatic heterocycles. The van der Waals surface area contributed by atoms with Gasteiger partial charge in [0, 0.05) is 24.5 Å². The molecule has 0 aliphatic heterocycles. The first-order valence-electron chi connectivity index (χ1n) is 3.51. The fraction of sp³-hybridized carbons (Fsp3) is 0.500. The Morgan fingerprint density at radius 2 is 1.91 bits per heavy atom. The first-order valence-corrected chi connectivity index (χ1v) is 4.27. The summed E-state index contributed by atoms with van der Waals surface area (Å²) in [6.45, 7) is 0. The fourth-order valence-electron chi connectivity index (χ4n) is 0.939. The van der Waals surface area contributed by atoms with Crippen LogP contribution in [0.2, 0.25) is 0 Å². The van der Waals surface area contributed by atoms with Gasteiger partial charge in [-0.3, -0.25) is 0 Å². The van der Waals surface area contributed by atoms with E-state index in [4.69, 9.17) is 23.2 Å². The Kier molecular flexibility index (Phi) is 6.61. The summed E-state index contributed by atoms with van der Waals surface area (Å²) in [6, 6.07) is 0. The average molecular weight is 280 g/mol. The van der Waals surface area contributed by atoms with E-state index < -0.39 is 0 Å². The molecule has 0 unspecified atom stereocenters. The molecule has 1 radical (unpaired) electrons. The topological polar surface area (TPSA) is 0 Å². The molecule has 0 atom stereocenters. The maximum Gasteiger partial charge on any atom is 0.0547 e. The molecular weight excluding hydrogens is 270 g/mol. The van der Waals surface area contributed by atoms with E-state index in [9.17, 15) is 0 Å². The predicted molar refractivity (Wildman–Crippen MR) is 46.3 cm³/mol. The SMILES string of the molecule is ClC1=C(Cl)CCCCC=C1.[Rh]. The monoisotopic (exact) mass is 279 g/mol. The van der Waals surface area contributed by atoms with Crippen LogP contribution < -0.4 is 0 Å². The van der Waals surface area contributed by atoms with E-state index in [0.717, 1.165) is 24.3 Å². The van der Waals surface area contributed by atoms with Gasteiger partial charge in [-0.1, -0.05) is 29.3 Å². The van der Waals surface area contributed by atoms with Crippen molar-refractivity contribution in [2.24, 2.45) is 0 Å². The van der Waals surface area contributed by atoms with E-state index in [2.05, 4.69) is 6.08 Å². The molecule has 65 valence electrons. The number of rotatable bonds is 0. The second kappa shape index (κ2) is 6.23. The molecular formula is C8H10Cl2Rh. The Morgan fingerprint density at radius 1 is 1.18 bits per heavy atom. The van der Waals surface area contributed by atoms with Gasteiger partial charge < -0.3 is 0 Å². The van der Waals surface area contributed by atoms with Crippen LogP contribution in [0, 0.1) is 0 Å². The Morgan fingerprint density at radius 3 is 2.64 bits per heavy atom. The molecule has 0 fully saturated rings. The van der Waals surface area contributed by atoms with Gasteiger partial charge >= 0.3 is 0 Å². The first kappa shape index (κ1) is 11.7. The van der Waals surface area contributed by atoms with Gasteiger partial charge in [0.25, 0.3) is 0 Å². The van der Waals surface area contributed by atoms with Crippen molar-refractivity contribution >= 4 is 23.2 Å². The first-order chi connectivity index (χ1) is 4.80. The van der Waals surface area contributed by atoms with E-state index in [-0.39, 0.29) is 19.5 Å². The summed E-state index contributed by atoms with van der Waals surface area (Å²) >= 11 is 11.6. The molecule has 1 aliphatic carbocycles. The van der Waals surface area contributed by atoms with Crippen LogP contribution in [0.4, 0.5) is 0 Å². The van der Waals surface area contributed by atoms with Crippen LogP contribution >= 0.6 is 23.2 Å². The van der Waals surface area contributed by atoms with Crippen molar-refractivity contribution < 1.29 is 19.5 Å². The van der Waals surface area contributed by atoms with Crippen molar-refractivity contribution in [1.82, 2.24) is 0 Å². The summed E-state index contributed by atoms with van der Waals surface area (Å²) in [5, 5.41) is 1.51. The molecule has 0 heterocycles. The quantitative estimate of drug-likeness (QED) is 0.592. The molecule has 0 saturated heterocycles. The molecule has 0 bridgehead atoms. The van der Waals surface area contributed by atoms with Gasteiger partial charge in [0.1, 0.15) is 0 Å². The number of allylic oxidation sites excluding steroid dienone is 4. The van der Waals surface area contributed by atoms with Crippen molar-refractivity contribution in [2.45, 2.75) is 25.7 Å². The zero-order chi connectivity index (χ0) is 7.40. The molecule has 0 aromatic rings. The second-order valence-electron chi connectivity index (χ2n) is 2.40. The van der Waals surface area contributed by atoms with E-state index in [1.54, 1.807) is 0 Å². The molecule has 1 aliphatic rings. The van der Waals surface area contributed by atoms with Crippen LogP contribution in [0.1, 0.15) is 25.7 Å². The standard InChI is InChI=1S/C8H10Cl2.Rh/c9-7-5-3-1-2-4-6-8(7)10;/h3,5H,1-2,4,6H2;. The minimum absolute atomic E-state index is 0. The maximum atomic E-state index is 5.84. The van der Waals surface area contributed by atoms with Gasteiger partial charge in [-0.05, 0) is 31.8 Å². The molecule has 3 heteroatoms. The van der Waals surface area contributed by atoms with Crippen molar-refractivity contribution in [2.75, 3.05) is 0 Å². The van der Waals surface area contributed by atoms with Crippen LogP contribution in [0.15, 0.2) is 22.2 Å². The predicted octanol–water partition coefficient (Wildman–Crippen LogP) is 3.80. The maximum absolute atomic E-state index is 5.84. The van der Waals surface area contributed by atoms with Gasteiger partial charge in [0.15, 0.2) is 0 Å². The van der Waals surface area contributed by atoms with Crippen LogP contribution in [0.3, 0.4) is 0 Å². The van der Waals surface area contributed by atoms with E-state index in [0.29, 0.717) is 5.03 Å². The number of hydrogen-bond acceptors (Lipinski definition) is 0. The Hall–Kier alpha value is 0.683. The van der Waals surface area contributed by atoms with Crippen molar-refractivity contribution in [3.8, 4) is 0 Å². The Bertz CT molecular complexity index is 173. The molecule has 0 spiro atoms. The van der Waals surface area contributed by atoms with Gasteiger partial charge in [-0.15, -0.1) is 0 Å². The summed E-state index contributed by atoms with van der Waals surface area (Å²) < 4.78 is 0. The number of halogens is 2. The Balaban J connectivity index is 0.000001000. The fourth-order valence-corrected chi connectivity index (χ4v) is 1.32. The third-order valence-electron chi connectivity index (χ3n) is 1.54. The van der Waals surface area contributed by atoms with E-state index in [1.165, 1.54) is 6.42 Å². The average Bonchev–Trinajstić information content (AvgIpc) is 1.92. The minimum atomic E-state index is 0. The van der Waals surface area contributed by atoms with Gasteiger partial charge in [0.2, 0.25) is 0 Å². The summed E-state index contributed by atoms with van der Waals surface area (Å²) in [5.41, 5.74) is 0. The second-order valence-corrected chi connectivity index (χ2v) is 3.26. The minimum Gasteiger partial charge on any atom is -0.0875 e. The summed E-state index contributed by atoms with van der Waals surface area (Å²) in [4.78, 5) is 0. The summed E-state index contributed by atoms with van der Waals surface area (Å²) in [6.07, 6.45) is 8.40. The van der Waals surface area contributed by atoms with Crippen LogP contribution in [-0.4, -0.2) is 0 Å². The molecule has 0 N–H and O–H groups in total. The van der Waals surface area contributed by atoms with Gasteiger partial charge in [0.05, 0.1) is 5.03 Å².